The molecule has 2 rings (SSSR count). The van der Waals surface area contributed by atoms with Gasteiger partial charge in [0.1, 0.15) is 21.5 Å². The van der Waals surface area contributed by atoms with Crippen LogP contribution in [-0.4, -0.2) is 37.7 Å². The van der Waals surface area contributed by atoms with E-state index in [0.717, 1.165) is 22.7 Å². The third-order valence-electron chi connectivity index (χ3n) is 2.23. The van der Waals surface area contributed by atoms with Gasteiger partial charge in [0.05, 0.1) is 11.0 Å². The number of aliphatic carboxylic acids is 1. The van der Waals surface area contributed by atoms with Crippen molar-refractivity contribution in [2.75, 3.05) is 6.54 Å². The molecule has 0 aliphatic carbocycles. The number of furan rings is 1. The molecule has 0 aromatic carbocycles. The highest BCUT2D eigenvalue weighted by Crippen LogP contribution is 2.33. The zero-order chi connectivity index (χ0) is 14.9. The van der Waals surface area contributed by atoms with E-state index in [-0.39, 0.29) is 15.0 Å². The number of thiocarbonyl (C=S) groups is 1. The van der Waals surface area contributed by atoms with Gasteiger partial charge in [0, 0.05) is 6.08 Å². The minimum absolute atomic E-state index is 0.115. The lowest BCUT2D eigenvalue weighted by Gasteiger charge is -2.09. The van der Waals surface area contributed by atoms with E-state index >= 15 is 0 Å². The molecule has 1 aliphatic rings. The molecule has 2 heterocycles. The van der Waals surface area contributed by atoms with Crippen LogP contribution in [-0.2, 0) is 9.59 Å². The Labute approximate surface area is 121 Å². The fourth-order valence-electron chi connectivity index (χ4n) is 1.42. The molecule has 0 saturated carbocycles. The van der Waals surface area contributed by atoms with E-state index in [2.05, 4.69) is 0 Å². The molecule has 0 bridgehead atoms. The second-order valence-corrected chi connectivity index (χ2v) is 5.27. The van der Waals surface area contributed by atoms with Crippen molar-refractivity contribution < 1.29 is 24.0 Å². The van der Waals surface area contributed by atoms with E-state index in [9.17, 15) is 19.7 Å². The molecule has 1 aromatic heterocycles. The van der Waals surface area contributed by atoms with E-state index in [1.165, 1.54) is 12.1 Å². The molecule has 0 radical (unpaired) electrons. The smallest absolute Gasteiger partial charge is 0.433 e. The summed E-state index contributed by atoms with van der Waals surface area (Å²) >= 11 is 5.81. The Morgan fingerprint density at radius 3 is 2.85 bits per heavy atom. The third-order valence-corrected chi connectivity index (χ3v) is 3.61. The van der Waals surface area contributed by atoms with Crippen LogP contribution in [0.15, 0.2) is 21.5 Å². The van der Waals surface area contributed by atoms with Crippen molar-refractivity contribution in [3.05, 3.63) is 32.9 Å². The lowest BCUT2D eigenvalue weighted by atomic mass is 10.3. The van der Waals surface area contributed by atoms with Crippen LogP contribution in [0.2, 0.25) is 0 Å². The standard InChI is InChI=1S/C10H6N2O6S2/c13-8(14)4-11-9(15)6(20-10(11)19)3-5-1-2-7(18-5)12(16)17/h1-3H,4H2,(H,13,14)/b6-3+. The first-order chi connectivity index (χ1) is 9.38. The predicted molar refractivity (Wildman–Crippen MR) is 72.9 cm³/mol. The van der Waals surface area contributed by atoms with Crippen molar-refractivity contribution in [3.63, 3.8) is 0 Å². The lowest BCUT2D eigenvalue weighted by Crippen LogP contribution is -2.33. The van der Waals surface area contributed by atoms with E-state index in [1.54, 1.807) is 0 Å². The molecule has 10 heteroatoms. The number of carbonyl (C=O) groups is 2. The van der Waals surface area contributed by atoms with Gasteiger partial charge in [0.15, 0.2) is 0 Å². The van der Waals surface area contributed by atoms with Crippen LogP contribution in [0.25, 0.3) is 6.08 Å². The second kappa shape index (κ2) is 5.43. The average molecular weight is 314 g/mol. The number of thioether (sulfide) groups is 1. The minimum atomic E-state index is -1.18. The van der Waals surface area contributed by atoms with Gasteiger partial charge in [-0.2, -0.15) is 0 Å². The number of nitro groups is 1. The zero-order valence-corrected chi connectivity index (χ0v) is 11.3. The van der Waals surface area contributed by atoms with Crippen molar-refractivity contribution in [3.8, 4) is 0 Å². The molecule has 1 aliphatic heterocycles. The maximum Gasteiger partial charge on any atom is 0.433 e. The van der Waals surface area contributed by atoms with Gasteiger partial charge >= 0.3 is 11.9 Å². The molecule has 1 N–H and O–H groups in total. The van der Waals surface area contributed by atoms with Crippen LogP contribution in [0, 0.1) is 10.1 Å². The Morgan fingerprint density at radius 1 is 1.60 bits per heavy atom. The summed E-state index contributed by atoms with van der Waals surface area (Å²) < 4.78 is 5.00. The van der Waals surface area contributed by atoms with Crippen LogP contribution in [0.1, 0.15) is 5.76 Å². The number of carboxylic acid groups (broad SMARTS) is 1. The van der Waals surface area contributed by atoms with Gasteiger partial charge in [0.25, 0.3) is 5.91 Å². The van der Waals surface area contributed by atoms with Gasteiger partial charge < -0.3 is 9.52 Å². The fourth-order valence-corrected chi connectivity index (χ4v) is 2.65. The summed E-state index contributed by atoms with van der Waals surface area (Å²) in [5, 5.41) is 19.1. The second-order valence-electron chi connectivity index (χ2n) is 3.59. The monoisotopic (exact) mass is 314 g/mol. The van der Waals surface area contributed by atoms with E-state index in [1.807, 2.05) is 0 Å². The van der Waals surface area contributed by atoms with E-state index in [0.29, 0.717) is 0 Å². The van der Waals surface area contributed by atoms with E-state index < -0.39 is 29.2 Å². The summed E-state index contributed by atoms with van der Waals surface area (Å²) in [7, 11) is 0. The molecule has 1 amide bonds. The van der Waals surface area contributed by atoms with E-state index in [4.69, 9.17) is 21.7 Å². The zero-order valence-electron chi connectivity index (χ0n) is 9.64. The largest absolute Gasteiger partial charge is 0.480 e. The highest BCUT2D eigenvalue weighted by atomic mass is 32.2. The molecule has 1 saturated heterocycles. The number of carbonyl (C=O) groups excluding carboxylic acids is 1. The van der Waals surface area contributed by atoms with Crippen LogP contribution in [0.3, 0.4) is 0 Å². The molecule has 0 unspecified atom stereocenters. The highest BCUT2D eigenvalue weighted by molar-refractivity contribution is 8.26. The van der Waals surface area contributed by atoms with Crippen molar-refractivity contribution >= 4 is 52.1 Å². The van der Waals surface area contributed by atoms with Crippen LogP contribution in [0.4, 0.5) is 5.88 Å². The van der Waals surface area contributed by atoms with Crippen molar-refractivity contribution in [2.45, 2.75) is 0 Å². The van der Waals surface area contributed by atoms with Gasteiger partial charge in [-0.1, -0.05) is 24.0 Å². The maximum absolute atomic E-state index is 11.9. The van der Waals surface area contributed by atoms with Gasteiger partial charge in [-0.15, -0.1) is 0 Å². The number of rotatable bonds is 4. The number of carboxylic acids is 1. The predicted octanol–water partition coefficient (Wildman–Crippen LogP) is 1.47. The molecule has 0 atom stereocenters. The van der Waals surface area contributed by atoms with Crippen molar-refractivity contribution in [2.24, 2.45) is 0 Å². The summed E-state index contributed by atoms with van der Waals surface area (Å²) in [4.78, 5) is 33.4. The quantitative estimate of drug-likeness (QED) is 0.384. The Hall–Kier alpha value is -2.20. The number of hydrogen-bond acceptors (Lipinski definition) is 7. The summed E-state index contributed by atoms with van der Waals surface area (Å²) in [5.74, 6) is -2.08. The first kappa shape index (κ1) is 14.2. The van der Waals surface area contributed by atoms with Crippen LogP contribution < -0.4 is 0 Å². The first-order valence-electron chi connectivity index (χ1n) is 5.10. The van der Waals surface area contributed by atoms with Crippen LogP contribution in [0.5, 0.6) is 0 Å². The van der Waals surface area contributed by atoms with Crippen molar-refractivity contribution in [1.82, 2.24) is 4.90 Å². The topological polar surface area (TPSA) is 114 Å². The highest BCUT2D eigenvalue weighted by Gasteiger charge is 2.33. The average Bonchev–Trinajstić information content (AvgIpc) is 2.91. The molecule has 1 fully saturated rings. The Kier molecular flexibility index (Phi) is 3.86. The first-order valence-corrected chi connectivity index (χ1v) is 6.32. The number of nitrogens with zero attached hydrogens (tertiary/aromatic N) is 2. The van der Waals surface area contributed by atoms with Gasteiger partial charge in [-0.3, -0.25) is 24.6 Å². The molecule has 1 aromatic rings. The Bertz CT molecular complexity index is 650. The summed E-state index contributed by atoms with van der Waals surface area (Å²) in [5.41, 5.74) is 0. The van der Waals surface area contributed by atoms with Gasteiger partial charge in [-0.05, 0) is 6.07 Å². The number of hydrogen-bond donors (Lipinski definition) is 1. The molecular formula is C10H6N2O6S2. The Balaban J connectivity index is 2.22. The summed E-state index contributed by atoms with van der Waals surface area (Å²) in [6.45, 7) is -0.527. The molecule has 104 valence electrons. The fraction of sp³-hybridized carbons (Fsp3) is 0.100. The normalized spacial score (nSPS) is 17.0. The molecular weight excluding hydrogens is 308 g/mol. The summed E-state index contributed by atoms with van der Waals surface area (Å²) in [6, 6.07) is 2.49. The maximum atomic E-state index is 11.9. The van der Waals surface area contributed by atoms with Crippen LogP contribution >= 0.6 is 24.0 Å². The third kappa shape index (κ3) is 2.86. The lowest BCUT2D eigenvalue weighted by molar-refractivity contribution is -0.402. The minimum Gasteiger partial charge on any atom is -0.480 e. The Morgan fingerprint density at radius 2 is 2.30 bits per heavy atom. The van der Waals surface area contributed by atoms with Gasteiger partial charge in [-0.25, -0.2) is 0 Å². The SMILES string of the molecule is O=C(O)CN1C(=O)/C(=C\c2ccc([N+](=O)[O-])o2)SC1=S. The molecule has 0 spiro atoms. The summed E-state index contributed by atoms with van der Waals surface area (Å²) in [6.07, 6.45) is 1.29. The van der Waals surface area contributed by atoms with Gasteiger partial charge in [0.2, 0.25) is 0 Å². The molecule has 20 heavy (non-hydrogen) atoms. The number of amides is 1. The molecule has 8 nitrogen and oxygen atoms in total. The van der Waals surface area contributed by atoms with Crippen molar-refractivity contribution in [1.29, 1.82) is 0 Å².